The monoisotopic (exact) mass is 400 g/mol. The lowest BCUT2D eigenvalue weighted by Crippen LogP contribution is -2.31. The molecule has 2 atom stereocenters. The predicted octanol–water partition coefficient (Wildman–Crippen LogP) is 5.69. The van der Waals surface area contributed by atoms with Crippen LogP contribution >= 0.6 is 0 Å². The molecule has 0 saturated heterocycles. The van der Waals surface area contributed by atoms with Crippen LogP contribution in [0.5, 0.6) is 0 Å². The highest BCUT2D eigenvalue weighted by molar-refractivity contribution is 6.07. The van der Waals surface area contributed by atoms with Crippen molar-refractivity contribution < 1.29 is 9.53 Å². The number of hydrogen-bond acceptors (Lipinski definition) is 4. The third-order valence-electron chi connectivity index (χ3n) is 5.25. The fourth-order valence-corrected chi connectivity index (χ4v) is 3.90. The summed E-state index contributed by atoms with van der Waals surface area (Å²) in [4.78, 5) is 18.1. The highest BCUT2D eigenvalue weighted by atomic mass is 16.5. The van der Waals surface area contributed by atoms with E-state index in [0.717, 1.165) is 22.4 Å². The Balaban J connectivity index is 2.30. The zero-order chi connectivity index (χ0) is 21.7. The molecule has 30 heavy (non-hydrogen) atoms. The van der Waals surface area contributed by atoms with Gasteiger partial charge in [-0.15, -0.1) is 0 Å². The number of nitriles is 1. The number of ether oxygens (including phenoxy) is 1. The van der Waals surface area contributed by atoms with Crippen LogP contribution in [0.2, 0.25) is 0 Å². The van der Waals surface area contributed by atoms with Crippen LogP contribution in [0, 0.1) is 30.1 Å². The van der Waals surface area contributed by atoms with Gasteiger partial charge in [0.2, 0.25) is 0 Å². The van der Waals surface area contributed by atoms with Gasteiger partial charge in [0, 0.05) is 17.2 Å². The molecule has 0 aliphatic carbocycles. The number of carbonyl (C=O) groups is 1. The Morgan fingerprint density at radius 2 is 1.80 bits per heavy atom. The van der Waals surface area contributed by atoms with Crippen molar-refractivity contribution in [1.82, 2.24) is 0 Å². The van der Waals surface area contributed by atoms with E-state index in [4.69, 9.17) is 9.73 Å². The predicted molar refractivity (Wildman–Crippen MR) is 120 cm³/mol. The first kappa shape index (κ1) is 21.5. The molecule has 1 heterocycles. The first-order valence-corrected chi connectivity index (χ1v) is 10.5. The standard InChI is InChI=1S/C26H28N2O2/c1-5-30-26(29)24-23(19-13-11-18(4)12-14-19)21(16-27)22(15-17(2)3)28-25(24)20-9-7-6-8-10-20/h6-14,17,21,23H,5,15H2,1-4H3. The van der Waals surface area contributed by atoms with E-state index in [9.17, 15) is 10.1 Å². The van der Waals surface area contributed by atoms with E-state index in [1.165, 1.54) is 0 Å². The maximum absolute atomic E-state index is 13.2. The number of rotatable bonds is 6. The average molecular weight is 401 g/mol. The maximum Gasteiger partial charge on any atom is 0.336 e. The quantitative estimate of drug-likeness (QED) is 0.585. The van der Waals surface area contributed by atoms with E-state index in [1.807, 2.05) is 61.5 Å². The first-order chi connectivity index (χ1) is 14.5. The van der Waals surface area contributed by atoms with Gasteiger partial charge in [0.05, 0.1) is 29.9 Å². The first-order valence-electron chi connectivity index (χ1n) is 10.5. The minimum Gasteiger partial charge on any atom is -0.463 e. The van der Waals surface area contributed by atoms with E-state index in [1.54, 1.807) is 6.92 Å². The number of carbonyl (C=O) groups excluding carboxylic acids is 1. The van der Waals surface area contributed by atoms with Crippen LogP contribution in [-0.4, -0.2) is 18.3 Å². The van der Waals surface area contributed by atoms with Crippen LogP contribution in [-0.2, 0) is 9.53 Å². The highest BCUT2D eigenvalue weighted by Crippen LogP contribution is 2.43. The molecular formula is C26H28N2O2. The second kappa shape index (κ2) is 9.54. The molecule has 3 rings (SSSR count). The number of nitrogens with zero attached hydrogens (tertiary/aromatic N) is 2. The molecular weight excluding hydrogens is 372 g/mol. The van der Waals surface area contributed by atoms with Gasteiger partial charge in [0.25, 0.3) is 0 Å². The number of benzene rings is 2. The summed E-state index contributed by atoms with van der Waals surface area (Å²) in [5.41, 5.74) is 4.82. The van der Waals surface area contributed by atoms with E-state index in [0.29, 0.717) is 23.6 Å². The van der Waals surface area contributed by atoms with Crippen molar-refractivity contribution in [3.63, 3.8) is 0 Å². The highest BCUT2D eigenvalue weighted by Gasteiger charge is 2.40. The van der Waals surface area contributed by atoms with Crippen molar-refractivity contribution in [2.75, 3.05) is 6.61 Å². The van der Waals surface area contributed by atoms with Gasteiger partial charge in [-0.25, -0.2) is 4.79 Å². The zero-order valence-electron chi connectivity index (χ0n) is 18.1. The molecule has 4 nitrogen and oxygen atoms in total. The van der Waals surface area contributed by atoms with Gasteiger partial charge in [-0.05, 0) is 31.7 Å². The smallest absolute Gasteiger partial charge is 0.336 e. The minimum absolute atomic E-state index is 0.269. The largest absolute Gasteiger partial charge is 0.463 e. The van der Waals surface area contributed by atoms with Gasteiger partial charge < -0.3 is 4.74 Å². The Labute approximate surface area is 178 Å². The summed E-state index contributed by atoms with van der Waals surface area (Å²) in [6, 6.07) is 20.2. The van der Waals surface area contributed by atoms with Crippen LogP contribution in [0.3, 0.4) is 0 Å². The third-order valence-corrected chi connectivity index (χ3v) is 5.25. The van der Waals surface area contributed by atoms with Crippen LogP contribution in [0.1, 0.15) is 49.8 Å². The molecule has 4 heteroatoms. The second-order valence-electron chi connectivity index (χ2n) is 8.05. The Bertz CT molecular complexity index is 996. The average Bonchev–Trinajstić information content (AvgIpc) is 2.74. The van der Waals surface area contributed by atoms with Crippen LogP contribution in [0.15, 0.2) is 65.2 Å². The Morgan fingerprint density at radius 1 is 1.13 bits per heavy atom. The maximum atomic E-state index is 13.2. The molecule has 154 valence electrons. The van der Waals surface area contributed by atoms with Gasteiger partial charge in [-0.2, -0.15) is 5.26 Å². The van der Waals surface area contributed by atoms with E-state index < -0.39 is 17.8 Å². The van der Waals surface area contributed by atoms with Crippen molar-refractivity contribution >= 4 is 17.4 Å². The van der Waals surface area contributed by atoms with Crippen molar-refractivity contribution in [1.29, 1.82) is 5.26 Å². The normalized spacial score (nSPS) is 18.7. The minimum atomic E-state index is -0.512. The lowest BCUT2D eigenvalue weighted by atomic mass is 9.73. The number of esters is 1. The molecule has 0 aromatic heterocycles. The van der Waals surface area contributed by atoms with Crippen LogP contribution in [0.4, 0.5) is 0 Å². The molecule has 0 saturated carbocycles. The number of hydrogen-bond donors (Lipinski definition) is 0. The van der Waals surface area contributed by atoms with Gasteiger partial charge >= 0.3 is 5.97 Å². The zero-order valence-corrected chi connectivity index (χ0v) is 18.1. The molecule has 0 amide bonds. The van der Waals surface area contributed by atoms with Gasteiger partial charge in [-0.1, -0.05) is 74.0 Å². The lowest BCUT2D eigenvalue weighted by molar-refractivity contribution is -0.138. The number of aliphatic imine (C=N–C) groups is 1. The molecule has 0 spiro atoms. The van der Waals surface area contributed by atoms with Crippen LogP contribution < -0.4 is 0 Å². The van der Waals surface area contributed by atoms with E-state index in [-0.39, 0.29) is 6.61 Å². The molecule has 2 aromatic rings. The van der Waals surface area contributed by atoms with Gasteiger partial charge in [-0.3, -0.25) is 4.99 Å². The summed E-state index contributed by atoms with van der Waals surface area (Å²) in [5.74, 6) is -0.993. The molecule has 0 radical (unpaired) electrons. The molecule has 1 aliphatic rings. The molecule has 0 bridgehead atoms. The van der Waals surface area contributed by atoms with E-state index >= 15 is 0 Å². The second-order valence-corrected chi connectivity index (χ2v) is 8.05. The summed E-state index contributed by atoms with van der Waals surface area (Å²) in [6.07, 6.45) is 0.701. The van der Waals surface area contributed by atoms with Crippen molar-refractivity contribution in [3.05, 3.63) is 76.9 Å². The number of aryl methyl sites for hydroxylation is 1. The van der Waals surface area contributed by atoms with Gasteiger partial charge in [0.15, 0.2) is 0 Å². The lowest BCUT2D eigenvalue weighted by Gasteiger charge is -2.31. The van der Waals surface area contributed by atoms with Crippen molar-refractivity contribution in [2.45, 2.75) is 40.0 Å². The van der Waals surface area contributed by atoms with Crippen molar-refractivity contribution in [3.8, 4) is 6.07 Å². The fraction of sp³-hybridized carbons (Fsp3) is 0.346. The summed E-state index contributed by atoms with van der Waals surface area (Å²) < 4.78 is 5.44. The van der Waals surface area contributed by atoms with Crippen molar-refractivity contribution in [2.24, 2.45) is 16.8 Å². The summed E-state index contributed by atoms with van der Waals surface area (Å²) in [5, 5.41) is 10.1. The molecule has 2 unspecified atom stereocenters. The Morgan fingerprint density at radius 3 is 2.37 bits per heavy atom. The molecule has 0 N–H and O–H groups in total. The molecule has 1 aliphatic heterocycles. The third kappa shape index (κ3) is 4.52. The fourth-order valence-electron chi connectivity index (χ4n) is 3.90. The van der Waals surface area contributed by atoms with E-state index in [2.05, 4.69) is 19.9 Å². The van der Waals surface area contributed by atoms with Crippen LogP contribution in [0.25, 0.3) is 5.70 Å². The Hall–Kier alpha value is -3.19. The topological polar surface area (TPSA) is 62.4 Å². The summed E-state index contributed by atoms with van der Waals surface area (Å²) >= 11 is 0. The van der Waals surface area contributed by atoms with Gasteiger partial charge in [0.1, 0.15) is 0 Å². The summed E-state index contributed by atoms with van der Waals surface area (Å²) in [6.45, 7) is 8.31. The summed E-state index contributed by atoms with van der Waals surface area (Å²) in [7, 11) is 0. The molecule has 2 aromatic carbocycles. The SMILES string of the molecule is CCOC(=O)C1=C(c2ccccc2)N=C(CC(C)C)C(C#N)C1c1ccc(C)cc1. The Kier molecular flexibility index (Phi) is 6.84. The molecule has 0 fully saturated rings.